The smallest absolute Gasteiger partial charge is 0.345 e. The van der Waals surface area contributed by atoms with Gasteiger partial charge in [0.2, 0.25) is 0 Å². The number of hydrogen-bond donors (Lipinski definition) is 1. The summed E-state index contributed by atoms with van der Waals surface area (Å²) in [5.41, 5.74) is 0. The summed E-state index contributed by atoms with van der Waals surface area (Å²) < 4.78 is 0. The molecule has 4 heteroatoms. The second-order valence-electron chi connectivity index (χ2n) is 3.01. The Bertz CT molecular complexity index is 581. The van der Waals surface area contributed by atoms with Crippen LogP contribution in [0.4, 0.5) is 0 Å². The minimum Gasteiger partial charge on any atom is -0.477 e. The number of carboxylic acids is 1. The molecular weight excluding hydrogens is 240 g/mol. The molecule has 0 amide bonds. The summed E-state index contributed by atoms with van der Waals surface area (Å²) in [6, 6.07) is 7.40. The minimum absolute atomic E-state index is 0.367. The lowest BCUT2D eigenvalue weighted by Crippen LogP contribution is -1.89. The maximum Gasteiger partial charge on any atom is 0.345 e. The van der Waals surface area contributed by atoms with Crippen molar-refractivity contribution in [2.24, 2.45) is 0 Å². The lowest BCUT2D eigenvalue weighted by Gasteiger charge is -1.87. The monoisotopic (exact) mass is 248 g/mol. The zero-order chi connectivity index (χ0) is 11.5. The lowest BCUT2D eigenvalue weighted by atomic mass is 10.3. The molecule has 0 aliphatic carbocycles. The van der Waals surface area contributed by atoms with Gasteiger partial charge in [0.1, 0.15) is 4.88 Å². The van der Waals surface area contributed by atoms with Crippen molar-refractivity contribution >= 4 is 28.6 Å². The molecule has 0 atom stereocenters. The maximum atomic E-state index is 10.7. The van der Waals surface area contributed by atoms with E-state index in [4.69, 9.17) is 5.11 Å². The van der Waals surface area contributed by atoms with Crippen LogP contribution in [0.25, 0.3) is 9.75 Å². The van der Waals surface area contributed by atoms with Gasteiger partial charge in [-0.2, -0.15) is 0 Å². The molecule has 80 valence electrons. The molecule has 2 nitrogen and oxygen atoms in total. The van der Waals surface area contributed by atoms with E-state index >= 15 is 0 Å². The van der Waals surface area contributed by atoms with Gasteiger partial charge >= 0.3 is 5.97 Å². The van der Waals surface area contributed by atoms with Gasteiger partial charge in [0.15, 0.2) is 0 Å². The first kappa shape index (κ1) is 10.9. The van der Waals surface area contributed by atoms with Crippen LogP contribution in [0.3, 0.4) is 0 Å². The van der Waals surface area contributed by atoms with Crippen molar-refractivity contribution in [2.75, 3.05) is 0 Å². The van der Waals surface area contributed by atoms with E-state index in [9.17, 15) is 4.79 Å². The molecule has 0 aliphatic rings. The summed E-state index contributed by atoms with van der Waals surface area (Å²) in [7, 11) is 0. The third-order valence-corrected chi connectivity index (χ3v) is 4.18. The Hall–Kier alpha value is -1.57. The van der Waals surface area contributed by atoms with Gasteiger partial charge in [0.05, 0.1) is 4.88 Å². The highest BCUT2D eigenvalue weighted by molar-refractivity contribution is 7.23. The van der Waals surface area contributed by atoms with Crippen molar-refractivity contribution in [1.82, 2.24) is 0 Å². The Morgan fingerprint density at radius 3 is 2.50 bits per heavy atom. The SMILES string of the molecule is CC#Cc1ccc(-c2ccc(C(=O)O)s2)s1. The van der Waals surface area contributed by atoms with Crippen LogP contribution >= 0.6 is 22.7 Å². The normalized spacial score (nSPS) is 9.56. The Balaban J connectivity index is 2.34. The van der Waals surface area contributed by atoms with Crippen LogP contribution in [-0.2, 0) is 0 Å². The summed E-state index contributed by atoms with van der Waals surface area (Å²) in [6.07, 6.45) is 0. The van der Waals surface area contributed by atoms with E-state index < -0.39 is 5.97 Å². The zero-order valence-corrected chi connectivity index (χ0v) is 10.1. The van der Waals surface area contributed by atoms with Gasteiger partial charge in [-0.1, -0.05) is 5.92 Å². The van der Waals surface area contributed by atoms with E-state index in [2.05, 4.69) is 11.8 Å². The molecule has 0 saturated carbocycles. The van der Waals surface area contributed by atoms with Crippen molar-refractivity contribution in [3.63, 3.8) is 0 Å². The largest absolute Gasteiger partial charge is 0.477 e. The molecule has 0 aromatic carbocycles. The highest BCUT2D eigenvalue weighted by Crippen LogP contribution is 2.33. The van der Waals surface area contributed by atoms with Gasteiger partial charge in [-0.25, -0.2) is 4.79 Å². The van der Waals surface area contributed by atoms with E-state index in [1.54, 1.807) is 24.3 Å². The molecule has 0 saturated heterocycles. The van der Waals surface area contributed by atoms with Crippen LogP contribution in [0.5, 0.6) is 0 Å². The van der Waals surface area contributed by atoms with Crippen LogP contribution in [0.1, 0.15) is 21.5 Å². The lowest BCUT2D eigenvalue weighted by molar-refractivity contribution is 0.0702. The molecule has 2 aromatic heterocycles. The van der Waals surface area contributed by atoms with Crippen molar-refractivity contribution in [3.8, 4) is 21.6 Å². The second-order valence-corrected chi connectivity index (χ2v) is 5.18. The third kappa shape index (κ3) is 2.16. The molecule has 0 radical (unpaired) electrons. The standard InChI is InChI=1S/C12H8O2S2/c1-2-3-8-4-5-9(15-8)10-6-7-11(16-10)12(13)14/h4-7H,1H3,(H,13,14). The average molecular weight is 248 g/mol. The number of carboxylic acid groups (broad SMARTS) is 1. The van der Waals surface area contributed by atoms with E-state index in [-0.39, 0.29) is 0 Å². The average Bonchev–Trinajstić information content (AvgIpc) is 2.84. The summed E-state index contributed by atoms with van der Waals surface area (Å²) in [6.45, 7) is 1.80. The number of carbonyl (C=O) groups is 1. The quantitative estimate of drug-likeness (QED) is 0.825. The first-order valence-electron chi connectivity index (χ1n) is 4.57. The van der Waals surface area contributed by atoms with E-state index in [0.29, 0.717) is 4.88 Å². The topological polar surface area (TPSA) is 37.3 Å². The zero-order valence-electron chi connectivity index (χ0n) is 8.48. The Kier molecular flexibility index (Phi) is 3.09. The molecule has 16 heavy (non-hydrogen) atoms. The van der Waals surface area contributed by atoms with Gasteiger partial charge in [0.25, 0.3) is 0 Å². The van der Waals surface area contributed by atoms with Crippen LogP contribution in [0.15, 0.2) is 24.3 Å². The molecule has 2 aromatic rings. The van der Waals surface area contributed by atoms with Crippen molar-refractivity contribution in [2.45, 2.75) is 6.92 Å². The van der Waals surface area contributed by atoms with Crippen LogP contribution in [0.2, 0.25) is 0 Å². The number of thiophene rings is 2. The van der Waals surface area contributed by atoms with Gasteiger partial charge in [-0.05, 0) is 31.2 Å². The summed E-state index contributed by atoms with van der Waals surface area (Å²) >= 11 is 2.87. The van der Waals surface area contributed by atoms with Gasteiger partial charge in [-0.3, -0.25) is 0 Å². The van der Waals surface area contributed by atoms with Crippen LogP contribution in [0, 0.1) is 11.8 Å². The van der Waals surface area contributed by atoms with Gasteiger partial charge in [0, 0.05) is 9.75 Å². The fourth-order valence-electron chi connectivity index (χ4n) is 1.25. The highest BCUT2D eigenvalue weighted by Gasteiger charge is 2.09. The predicted molar refractivity (Wildman–Crippen MR) is 67.1 cm³/mol. The first-order chi connectivity index (χ1) is 7.70. The predicted octanol–water partition coefficient (Wildman–Crippen LogP) is 3.55. The number of aromatic carboxylic acids is 1. The van der Waals surface area contributed by atoms with Crippen LogP contribution < -0.4 is 0 Å². The molecule has 2 rings (SSSR count). The molecule has 0 fully saturated rings. The van der Waals surface area contributed by atoms with Crippen molar-refractivity contribution in [3.05, 3.63) is 34.0 Å². The third-order valence-electron chi connectivity index (χ3n) is 1.91. The summed E-state index contributed by atoms with van der Waals surface area (Å²) in [5, 5.41) is 8.83. The van der Waals surface area contributed by atoms with Crippen molar-refractivity contribution in [1.29, 1.82) is 0 Å². The molecule has 1 N–H and O–H groups in total. The molecule has 2 heterocycles. The van der Waals surface area contributed by atoms with E-state index in [1.165, 1.54) is 11.3 Å². The number of rotatable bonds is 2. The Morgan fingerprint density at radius 1 is 1.19 bits per heavy atom. The molecule has 0 unspecified atom stereocenters. The fraction of sp³-hybridized carbons (Fsp3) is 0.0833. The van der Waals surface area contributed by atoms with Crippen LogP contribution in [-0.4, -0.2) is 11.1 Å². The molecule has 0 bridgehead atoms. The number of hydrogen-bond acceptors (Lipinski definition) is 3. The maximum absolute atomic E-state index is 10.7. The summed E-state index contributed by atoms with van der Waals surface area (Å²) in [5.74, 6) is 4.95. The molecular formula is C12H8O2S2. The second kappa shape index (κ2) is 4.52. The Labute approximate surface area is 101 Å². The first-order valence-corrected chi connectivity index (χ1v) is 6.20. The Morgan fingerprint density at radius 2 is 1.88 bits per heavy atom. The van der Waals surface area contributed by atoms with Crippen molar-refractivity contribution < 1.29 is 9.90 Å². The summed E-state index contributed by atoms with van der Waals surface area (Å²) in [4.78, 5) is 14.2. The molecule has 0 aliphatic heterocycles. The van der Waals surface area contributed by atoms with E-state index in [0.717, 1.165) is 14.6 Å². The van der Waals surface area contributed by atoms with Gasteiger partial charge < -0.3 is 5.11 Å². The fourth-order valence-corrected chi connectivity index (χ4v) is 3.09. The highest BCUT2D eigenvalue weighted by atomic mass is 32.1. The molecule has 0 spiro atoms. The van der Waals surface area contributed by atoms with Gasteiger partial charge in [-0.15, -0.1) is 28.6 Å². The minimum atomic E-state index is -0.874. The van der Waals surface area contributed by atoms with E-state index in [1.807, 2.05) is 18.2 Å².